The number of carbonyl (C=O) groups excluding carboxylic acids is 2. The molecular weight excluding hydrogens is 371 g/mol. The minimum Gasteiger partial charge on any atom is -0.311 e. The second-order valence-corrected chi connectivity index (χ2v) is 7.82. The third-order valence-electron chi connectivity index (χ3n) is 4.00. The van der Waals surface area contributed by atoms with Crippen LogP contribution in [-0.2, 0) is 14.8 Å². The Labute approximate surface area is 158 Å². The lowest BCUT2D eigenvalue weighted by Crippen LogP contribution is -2.37. The van der Waals surface area contributed by atoms with Crippen LogP contribution in [0.25, 0.3) is 0 Å². The minimum atomic E-state index is -3.84. The van der Waals surface area contributed by atoms with Crippen molar-refractivity contribution in [2.24, 2.45) is 0 Å². The second kappa shape index (κ2) is 8.41. The van der Waals surface area contributed by atoms with E-state index in [0.29, 0.717) is 16.8 Å². The lowest BCUT2D eigenvalue weighted by atomic mass is 10.1. The fourth-order valence-electron chi connectivity index (χ4n) is 2.65. The Kier molecular flexibility index (Phi) is 6.45. The van der Waals surface area contributed by atoms with Gasteiger partial charge in [0.05, 0.1) is 4.90 Å². The standard InChI is InChI=1S/C19H21FN2O4S/c1-13-11-17(20)7-8-19(13)27(25,26)21-9-10-22(15(3)24)18-6-4-5-16(12-18)14(2)23/h4-8,11-12,21H,9-10H2,1-3H3. The molecule has 2 aromatic rings. The topological polar surface area (TPSA) is 83.6 Å². The van der Waals surface area contributed by atoms with Gasteiger partial charge in [-0.1, -0.05) is 12.1 Å². The maximum Gasteiger partial charge on any atom is 0.240 e. The van der Waals surface area contributed by atoms with Crippen LogP contribution in [0.1, 0.15) is 29.8 Å². The zero-order valence-corrected chi connectivity index (χ0v) is 16.1. The van der Waals surface area contributed by atoms with E-state index in [1.165, 1.54) is 31.7 Å². The Bertz CT molecular complexity index is 973. The number of benzene rings is 2. The third kappa shape index (κ3) is 5.21. The number of rotatable bonds is 7. The number of ketones is 1. The number of nitrogens with one attached hydrogen (secondary N) is 1. The Morgan fingerprint density at radius 3 is 2.41 bits per heavy atom. The molecule has 0 aliphatic heterocycles. The van der Waals surface area contributed by atoms with Gasteiger partial charge in [0.25, 0.3) is 0 Å². The van der Waals surface area contributed by atoms with Crippen molar-refractivity contribution in [3.63, 3.8) is 0 Å². The van der Waals surface area contributed by atoms with Crippen LogP contribution in [0.15, 0.2) is 47.4 Å². The van der Waals surface area contributed by atoms with E-state index in [0.717, 1.165) is 12.1 Å². The Hall–Kier alpha value is -2.58. The molecule has 0 spiro atoms. The Morgan fingerprint density at radius 1 is 1.11 bits per heavy atom. The van der Waals surface area contributed by atoms with Crippen molar-refractivity contribution in [1.29, 1.82) is 0 Å². The summed E-state index contributed by atoms with van der Waals surface area (Å²) in [6.07, 6.45) is 0. The number of aryl methyl sites for hydroxylation is 1. The number of amides is 1. The van der Waals surface area contributed by atoms with Gasteiger partial charge in [-0.15, -0.1) is 0 Å². The summed E-state index contributed by atoms with van der Waals surface area (Å²) in [5.41, 5.74) is 1.26. The van der Waals surface area contributed by atoms with Crippen molar-refractivity contribution in [3.8, 4) is 0 Å². The van der Waals surface area contributed by atoms with Crippen molar-refractivity contribution >= 4 is 27.4 Å². The first-order valence-corrected chi connectivity index (χ1v) is 9.75. The Balaban J connectivity index is 2.14. The van der Waals surface area contributed by atoms with Gasteiger partial charge in [0.15, 0.2) is 5.78 Å². The largest absolute Gasteiger partial charge is 0.311 e. The van der Waals surface area contributed by atoms with E-state index in [-0.39, 0.29) is 29.7 Å². The summed E-state index contributed by atoms with van der Waals surface area (Å²) in [4.78, 5) is 24.9. The van der Waals surface area contributed by atoms with E-state index in [9.17, 15) is 22.4 Å². The van der Waals surface area contributed by atoms with Crippen LogP contribution in [0.2, 0.25) is 0 Å². The molecule has 0 heterocycles. The normalized spacial score (nSPS) is 11.3. The SMILES string of the molecule is CC(=O)c1cccc(N(CCNS(=O)(=O)c2ccc(F)cc2C)C(C)=O)c1. The summed E-state index contributed by atoms with van der Waals surface area (Å²) >= 11 is 0. The smallest absolute Gasteiger partial charge is 0.240 e. The number of hydrogen-bond acceptors (Lipinski definition) is 4. The number of anilines is 1. The highest BCUT2D eigenvalue weighted by atomic mass is 32.2. The molecule has 0 unspecified atom stereocenters. The highest BCUT2D eigenvalue weighted by Crippen LogP contribution is 2.18. The van der Waals surface area contributed by atoms with Crippen LogP contribution in [0, 0.1) is 12.7 Å². The highest BCUT2D eigenvalue weighted by molar-refractivity contribution is 7.89. The molecule has 0 aliphatic carbocycles. The lowest BCUT2D eigenvalue weighted by molar-refractivity contribution is -0.116. The molecule has 1 N–H and O–H groups in total. The van der Waals surface area contributed by atoms with E-state index in [1.54, 1.807) is 24.3 Å². The maximum absolute atomic E-state index is 13.2. The number of hydrogen-bond donors (Lipinski definition) is 1. The summed E-state index contributed by atoms with van der Waals surface area (Å²) in [6, 6.07) is 9.99. The van der Waals surface area contributed by atoms with E-state index in [1.807, 2.05) is 0 Å². The maximum atomic E-state index is 13.2. The number of Topliss-reactive ketones (excluding diaryl/α,β-unsaturated/α-hetero) is 1. The molecule has 0 atom stereocenters. The molecule has 6 nitrogen and oxygen atoms in total. The molecule has 0 saturated carbocycles. The lowest BCUT2D eigenvalue weighted by Gasteiger charge is -2.22. The zero-order valence-electron chi connectivity index (χ0n) is 15.3. The van der Waals surface area contributed by atoms with Gasteiger partial charge in [0.1, 0.15) is 5.82 Å². The molecular formula is C19H21FN2O4S. The van der Waals surface area contributed by atoms with Crippen LogP contribution in [0.4, 0.5) is 10.1 Å². The summed E-state index contributed by atoms with van der Waals surface area (Å²) in [5, 5.41) is 0. The van der Waals surface area contributed by atoms with Gasteiger partial charge in [-0.3, -0.25) is 9.59 Å². The summed E-state index contributed by atoms with van der Waals surface area (Å²) in [7, 11) is -3.84. The van der Waals surface area contributed by atoms with Crippen molar-refractivity contribution in [2.75, 3.05) is 18.0 Å². The molecule has 0 bridgehead atoms. The average molecular weight is 392 g/mol. The van der Waals surface area contributed by atoms with Crippen LogP contribution >= 0.6 is 0 Å². The van der Waals surface area contributed by atoms with Gasteiger partial charge in [-0.25, -0.2) is 17.5 Å². The number of carbonyl (C=O) groups is 2. The number of nitrogens with zero attached hydrogens (tertiary/aromatic N) is 1. The number of halogens is 1. The first-order valence-electron chi connectivity index (χ1n) is 8.27. The van der Waals surface area contributed by atoms with Crippen molar-refractivity contribution in [2.45, 2.75) is 25.7 Å². The molecule has 0 aliphatic rings. The monoisotopic (exact) mass is 392 g/mol. The highest BCUT2D eigenvalue weighted by Gasteiger charge is 2.18. The molecule has 0 aromatic heterocycles. The average Bonchev–Trinajstić information content (AvgIpc) is 2.58. The molecule has 144 valence electrons. The van der Waals surface area contributed by atoms with E-state index < -0.39 is 15.8 Å². The van der Waals surface area contributed by atoms with Gasteiger partial charge >= 0.3 is 0 Å². The predicted molar refractivity (Wildman–Crippen MR) is 101 cm³/mol. The fourth-order valence-corrected chi connectivity index (χ4v) is 3.89. The van der Waals surface area contributed by atoms with Gasteiger partial charge in [-0.2, -0.15) is 0 Å². The van der Waals surface area contributed by atoms with Gasteiger partial charge < -0.3 is 4.90 Å². The van der Waals surface area contributed by atoms with E-state index >= 15 is 0 Å². The van der Waals surface area contributed by atoms with Gasteiger partial charge in [0.2, 0.25) is 15.9 Å². The van der Waals surface area contributed by atoms with Gasteiger partial charge in [0, 0.05) is 31.3 Å². The summed E-state index contributed by atoms with van der Waals surface area (Å²) < 4.78 is 40.4. The molecule has 8 heteroatoms. The summed E-state index contributed by atoms with van der Waals surface area (Å²) in [5.74, 6) is -0.930. The first-order chi connectivity index (χ1) is 12.6. The summed E-state index contributed by atoms with van der Waals surface area (Å²) in [6.45, 7) is 4.33. The first kappa shape index (κ1) is 20.7. The van der Waals surface area contributed by atoms with Crippen molar-refractivity contribution in [3.05, 3.63) is 59.4 Å². The molecule has 0 saturated heterocycles. The second-order valence-electron chi connectivity index (χ2n) is 6.08. The molecule has 2 aromatic carbocycles. The predicted octanol–water partition coefficient (Wildman–Crippen LogP) is 2.67. The van der Waals surface area contributed by atoms with Crippen LogP contribution in [0.5, 0.6) is 0 Å². The fraction of sp³-hybridized carbons (Fsp3) is 0.263. The van der Waals surface area contributed by atoms with Crippen molar-refractivity contribution in [1.82, 2.24) is 4.72 Å². The molecule has 2 rings (SSSR count). The van der Waals surface area contributed by atoms with E-state index in [2.05, 4.69) is 4.72 Å². The van der Waals surface area contributed by atoms with Crippen LogP contribution in [-0.4, -0.2) is 33.2 Å². The van der Waals surface area contributed by atoms with Gasteiger partial charge in [-0.05, 0) is 49.7 Å². The molecule has 1 amide bonds. The Morgan fingerprint density at radius 2 is 1.81 bits per heavy atom. The van der Waals surface area contributed by atoms with Crippen LogP contribution < -0.4 is 9.62 Å². The minimum absolute atomic E-state index is 0.0168. The molecule has 0 fully saturated rings. The number of sulfonamides is 1. The van der Waals surface area contributed by atoms with E-state index in [4.69, 9.17) is 0 Å². The molecule has 0 radical (unpaired) electrons. The molecule has 27 heavy (non-hydrogen) atoms. The quantitative estimate of drug-likeness (QED) is 0.735. The third-order valence-corrected chi connectivity index (χ3v) is 5.62. The zero-order chi connectivity index (χ0) is 20.2. The van der Waals surface area contributed by atoms with Crippen LogP contribution in [0.3, 0.4) is 0 Å². The van der Waals surface area contributed by atoms with Crippen molar-refractivity contribution < 1.29 is 22.4 Å².